The zero-order valence-electron chi connectivity index (χ0n) is 11.2. The van der Waals surface area contributed by atoms with Gasteiger partial charge in [0.2, 0.25) is 0 Å². The van der Waals surface area contributed by atoms with Crippen LogP contribution < -0.4 is 5.73 Å². The normalized spacial score (nSPS) is 29.8. The fourth-order valence-corrected chi connectivity index (χ4v) is 4.44. The number of likely N-dealkylation sites (tertiary alicyclic amines) is 1. The molecule has 2 atom stereocenters. The first-order valence-corrected chi connectivity index (χ1v) is 8.24. The smallest absolute Gasteiger partial charge is 0.181 e. The third-order valence-electron chi connectivity index (χ3n) is 3.32. The van der Waals surface area contributed by atoms with Crippen LogP contribution in [-0.2, 0) is 9.47 Å². The molecule has 19 heavy (non-hydrogen) atoms. The molecule has 3 heterocycles. The van der Waals surface area contributed by atoms with Crippen LogP contribution in [0.25, 0.3) is 0 Å². The van der Waals surface area contributed by atoms with Gasteiger partial charge in [0, 0.05) is 25.4 Å². The number of nitrogens with zero attached hydrogens (tertiary/aromatic N) is 2. The Bertz CT molecular complexity index is 436. The average Bonchev–Trinajstić information content (AvgIpc) is 2.92. The molecule has 0 radical (unpaired) electrons. The van der Waals surface area contributed by atoms with E-state index in [2.05, 4.69) is 9.88 Å². The molecular formula is C12H19N3O2S2. The fourth-order valence-electron chi connectivity index (χ4n) is 2.60. The van der Waals surface area contributed by atoms with Crippen molar-refractivity contribution in [3.8, 4) is 0 Å². The molecule has 0 saturated carbocycles. The number of thiazole rings is 1. The van der Waals surface area contributed by atoms with E-state index in [1.165, 1.54) is 4.21 Å². The molecule has 5 nitrogen and oxygen atoms in total. The minimum Gasteiger partial charge on any atom is -0.375 e. The summed E-state index contributed by atoms with van der Waals surface area (Å²) in [6.45, 7) is 6.96. The summed E-state index contributed by atoms with van der Waals surface area (Å²) in [4.78, 5) is 6.46. The molecule has 3 rings (SSSR count). The number of fused-ring (bicyclic) bond motifs is 1. The van der Waals surface area contributed by atoms with Crippen LogP contribution in [0.4, 0.5) is 5.13 Å². The lowest BCUT2D eigenvalue weighted by Crippen LogP contribution is -2.31. The molecular weight excluding hydrogens is 282 g/mol. The van der Waals surface area contributed by atoms with E-state index < -0.39 is 5.79 Å². The number of aromatic nitrogens is 1. The van der Waals surface area contributed by atoms with Crippen molar-refractivity contribution >= 4 is 28.2 Å². The molecule has 2 aliphatic heterocycles. The summed E-state index contributed by atoms with van der Waals surface area (Å²) in [5, 5.41) is 0.641. The standard InChI is InChI=1S/C12H19N3O2S2/c1-12(2)16-8-6-15(7-9(8)17-12)3-4-18-10-5-14-11(13)19-10/h5,8-9H,3-4,6-7H2,1-2H3,(H2,13,14)/t8-,9+. The van der Waals surface area contributed by atoms with Crippen LogP contribution in [0, 0.1) is 0 Å². The van der Waals surface area contributed by atoms with Crippen molar-refractivity contribution in [2.45, 2.75) is 36.1 Å². The van der Waals surface area contributed by atoms with E-state index in [-0.39, 0.29) is 12.2 Å². The van der Waals surface area contributed by atoms with Crippen molar-refractivity contribution in [2.24, 2.45) is 0 Å². The van der Waals surface area contributed by atoms with E-state index in [1.54, 1.807) is 11.3 Å². The van der Waals surface area contributed by atoms with Crippen molar-refractivity contribution in [3.63, 3.8) is 0 Å². The maximum atomic E-state index is 5.88. The Labute approximate surface area is 121 Å². The van der Waals surface area contributed by atoms with E-state index >= 15 is 0 Å². The van der Waals surface area contributed by atoms with Gasteiger partial charge in [-0.3, -0.25) is 4.90 Å². The molecule has 0 amide bonds. The predicted octanol–water partition coefficient (Wildman–Crippen LogP) is 1.65. The highest BCUT2D eigenvalue weighted by Crippen LogP contribution is 2.33. The number of ether oxygens (including phenoxy) is 2. The van der Waals surface area contributed by atoms with Crippen LogP contribution in [0.2, 0.25) is 0 Å². The van der Waals surface area contributed by atoms with Crippen LogP contribution in [0.15, 0.2) is 10.4 Å². The lowest BCUT2D eigenvalue weighted by Gasteiger charge is -2.22. The van der Waals surface area contributed by atoms with E-state index in [9.17, 15) is 0 Å². The Balaban J connectivity index is 1.42. The topological polar surface area (TPSA) is 60.6 Å². The number of nitrogen functional groups attached to an aromatic ring is 1. The number of hydrogen-bond acceptors (Lipinski definition) is 7. The Kier molecular flexibility index (Phi) is 3.74. The molecule has 7 heteroatoms. The molecule has 2 aliphatic rings. The minimum atomic E-state index is -0.406. The highest BCUT2D eigenvalue weighted by atomic mass is 32.2. The van der Waals surface area contributed by atoms with Crippen molar-refractivity contribution < 1.29 is 9.47 Å². The molecule has 2 fully saturated rings. The summed E-state index contributed by atoms with van der Waals surface area (Å²) in [5.41, 5.74) is 5.61. The van der Waals surface area contributed by atoms with Gasteiger partial charge < -0.3 is 15.2 Å². The second-order valence-corrected chi connectivity index (χ2v) is 7.80. The first-order chi connectivity index (χ1) is 9.02. The molecule has 0 unspecified atom stereocenters. The zero-order valence-corrected chi connectivity index (χ0v) is 12.8. The number of nitrogens with two attached hydrogens (primary N) is 1. The molecule has 0 aliphatic carbocycles. The third-order valence-corrected chi connectivity index (χ3v) is 5.32. The van der Waals surface area contributed by atoms with Gasteiger partial charge in [-0.25, -0.2) is 4.98 Å². The molecule has 0 bridgehead atoms. The van der Waals surface area contributed by atoms with Gasteiger partial charge in [0.05, 0.1) is 10.4 Å². The quantitative estimate of drug-likeness (QED) is 0.853. The first-order valence-electron chi connectivity index (χ1n) is 6.44. The second-order valence-electron chi connectivity index (χ2n) is 5.34. The first kappa shape index (κ1) is 13.6. The number of rotatable bonds is 4. The van der Waals surface area contributed by atoms with Crippen LogP contribution in [0.3, 0.4) is 0 Å². The van der Waals surface area contributed by atoms with Gasteiger partial charge in [-0.1, -0.05) is 11.3 Å². The summed E-state index contributed by atoms with van der Waals surface area (Å²) < 4.78 is 12.9. The lowest BCUT2D eigenvalue weighted by atomic mass is 10.3. The van der Waals surface area contributed by atoms with E-state index in [0.29, 0.717) is 5.13 Å². The van der Waals surface area contributed by atoms with E-state index in [4.69, 9.17) is 15.2 Å². The maximum Gasteiger partial charge on any atom is 0.181 e. The molecule has 106 valence electrons. The van der Waals surface area contributed by atoms with Crippen LogP contribution in [0.1, 0.15) is 13.8 Å². The van der Waals surface area contributed by atoms with Gasteiger partial charge >= 0.3 is 0 Å². The van der Waals surface area contributed by atoms with Crippen molar-refractivity contribution in [1.82, 2.24) is 9.88 Å². The fraction of sp³-hybridized carbons (Fsp3) is 0.750. The van der Waals surface area contributed by atoms with Gasteiger partial charge in [0.25, 0.3) is 0 Å². The van der Waals surface area contributed by atoms with Gasteiger partial charge in [0.15, 0.2) is 10.9 Å². The SMILES string of the molecule is CC1(C)O[C@H]2CN(CCSc3cnc(N)s3)C[C@H]2O1. The monoisotopic (exact) mass is 301 g/mol. The predicted molar refractivity (Wildman–Crippen MR) is 77.5 cm³/mol. The Morgan fingerprint density at radius 1 is 1.47 bits per heavy atom. The van der Waals surface area contributed by atoms with Crippen molar-refractivity contribution in [2.75, 3.05) is 31.1 Å². The highest BCUT2D eigenvalue weighted by Gasteiger charge is 2.46. The molecule has 2 saturated heterocycles. The van der Waals surface area contributed by atoms with Crippen molar-refractivity contribution in [1.29, 1.82) is 0 Å². The van der Waals surface area contributed by atoms with Gasteiger partial charge in [-0.2, -0.15) is 0 Å². The lowest BCUT2D eigenvalue weighted by molar-refractivity contribution is -0.155. The molecule has 1 aromatic heterocycles. The third kappa shape index (κ3) is 3.22. The number of anilines is 1. The minimum absolute atomic E-state index is 0.235. The molecule has 2 N–H and O–H groups in total. The summed E-state index contributed by atoms with van der Waals surface area (Å²) in [7, 11) is 0. The Morgan fingerprint density at radius 3 is 2.74 bits per heavy atom. The van der Waals surface area contributed by atoms with Crippen LogP contribution >= 0.6 is 23.1 Å². The highest BCUT2D eigenvalue weighted by molar-refractivity contribution is 8.01. The summed E-state index contributed by atoms with van der Waals surface area (Å²) in [5.74, 6) is 0.640. The summed E-state index contributed by atoms with van der Waals surface area (Å²) in [6, 6.07) is 0. The summed E-state index contributed by atoms with van der Waals surface area (Å²) >= 11 is 3.36. The van der Waals surface area contributed by atoms with Gasteiger partial charge in [-0.15, -0.1) is 11.8 Å². The zero-order chi connectivity index (χ0) is 13.5. The number of thioether (sulfide) groups is 1. The van der Waals surface area contributed by atoms with Gasteiger partial charge in [0.1, 0.15) is 12.2 Å². The van der Waals surface area contributed by atoms with Crippen molar-refractivity contribution in [3.05, 3.63) is 6.20 Å². The molecule has 0 spiro atoms. The van der Waals surface area contributed by atoms with E-state index in [1.807, 2.05) is 31.8 Å². The van der Waals surface area contributed by atoms with Gasteiger partial charge in [-0.05, 0) is 13.8 Å². The average molecular weight is 301 g/mol. The molecule has 1 aromatic rings. The van der Waals surface area contributed by atoms with Crippen LogP contribution in [0.5, 0.6) is 0 Å². The largest absolute Gasteiger partial charge is 0.375 e. The Hall–Kier alpha value is -0.340. The number of hydrogen-bond donors (Lipinski definition) is 1. The molecule has 0 aromatic carbocycles. The van der Waals surface area contributed by atoms with E-state index in [0.717, 1.165) is 25.4 Å². The second kappa shape index (κ2) is 5.21. The summed E-state index contributed by atoms with van der Waals surface area (Å²) in [6.07, 6.45) is 2.32. The maximum absolute atomic E-state index is 5.88. The van der Waals surface area contributed by atoms with Crippen LogP contribution in [-0.4, -0.2) is 53.3 Å². The Morgan fingerprint density at radius 2 is 2.16 bits per heavy atom.